The molecule has 3 aliphatic rings. The van der Waals surface area contributed by atoms with Crippen molar-refractivity contribution in [1.82, 2.24) is 24.6 Å². The van der Waals surface area contributed by atoms with Crippen LogP contribution in [0.25, 0.3) is 0 Å². The number of fused-ring (bicyclic) bond motifs is 1. The van der Waals surface area contributed by atoms with Gasteiger partial charge in [0.1, 0.15) is 18.4 Å². The minimum Gasteiger partial charge on any atom is -0.311 e. The number of carbonyl (C=O) groups is 1. The number of amides is 1. The number of hydrogen-bond acceptors (Lipinski definition) is 4. The number of halogens is 2. The molecule has 0 radical (unpaired) electrons. The Balaban J connectivity index is 1.45. The fourth-order valence-electron chi connectivity index (χ4n) is 5.35. The van der Waals surface area contributed by atoms with Crippen molar-refractivity contribution < 1.29 is 13.6 Å². The van der Waals surface area contributed by atoms with E-state index in [0.717, 1.165) is 18.4 Å². The van der Waals surface area contributed by atoms with Crippen molar-refractivity contribution in [3.8, 4) is 0 Å². The Morgan fingerprint density at radius 2 is 1.91 bits per heavy atom. The highest BCUT2D eigenvalue weighted by molar-refractivity contribution is 5.85. The number of pyridine rings is 1. The molecule has 8 heteroatoms. The van der Waals surface area contributed by atoms with Crippen molar-refractivity contribution in [3.63, 3.8) is 0 Å². The molecule has 0 spiro atoms. The lowest BCUT2D eigenvalue weighted by atomic mass is 9.99. The molecule has 2 aromatic heterocycles. The van der Waals surface area contributed by atoms with Gasteiger partial charge in [0.15, 0.2) is 0 Å². The maximum absolute atomic E-state index is 15.0. The van der Waals surface area contributed by atoms with E-state index in [-0.39, 0.29) is 24.8 Å². The van der Waals surface area contributed by atoms with E-state index in [1.807, 2.05) is 59.6 Å². The first-order valence-electron chi connectivity index (χ1n) is 11.5. The Morgan fingerprint density at radius 1 is 1.09 bits per heavy atom. The molecule has 2 aliphatic heterocycles. The molecular weight excluding hydrogens is 424 g/mol. The number of alkyl halides is 1. The number of carbonyl (C=O) groups excluding carboxylic acids is 1. The summed E-state index contributed by atoms with van der Waals surface area (Å²) in [6.07, 6.45) is 4.21. The Labute approximate surface area is 190 Å². The minimum atomic E-state index is -1.04. The first kappa shape index (κ1) is 20.5. The highest BCUT2D eigenvalue weighted by atomic mass is 19.1. The minimum absolute atomic E-state index is 0.144. The van der Waals surface area contributed by atoms with E-state index >= 15 is 0 Å². The van der Waals surface area contributed by atoms with Crippen LogP contribution in [0.3, 0.4) is 0 Å². The molecule has 1 aliphatic carbocycles. The maximum Gasteiger partial charge on any atom is 0.242 e. The molecule has 1 unspecified atom stereocenters. The molecule has 3 aromatic rings. The third-order valence-corrected chi connectivity index (χ3v) is 7.03. The predicted octanol–water partition coefficient (Wildman–Crippen LogP) is 3.66. The molecule has 4 atom stereocenters. The Hall–Kier alpha value is -3.13. The van der Waals surface area contributed by atoms with Gasteiger partial charge in [-0.15, -0.1) is 0 Å². The molecule has 0 bridgehead atoms. The SMILES string of the molecule is O=C1[C@@H]2C[C@@H](F)CN2C(Cn2cccn2)N1[C@@H](c1ccccc1)c1ccc(C2CC2)c(F)n1. The summed E-state index contributed by atoms with van der Waals surface area (Å²) in [6.45, 7) is 0.594. The van der Waals surface area contributed by atoms with E-state index in [4.69, 9.17) is 0 Å². The Morgan fingerprint density at radius 3 is 2.61 bits per heavy atom. The van der Waals surface area contributed by atoms with Crippen molar-refractivity contribution in [1.29, 1.82) is 0 Å². The molecule has 3 fully saturated rings. The molecule has 1 amide bonds. The first-order valence-corrected chi connectivity index (χ1v) is 11.5. The molecular formula is C25H25F2N5O. The van der Waals surface area contributed by atoms with E-state index in [1.54, 1.807) is 15.8 Å². The smallest absolute Gasteiger partial charge is 0.242 e. The van der Waals surface area contributed by atoms with Gasteiger partial charge in [-0.25, -0.2) is 9.37 Å². The van der Waals surface area contributed by atoms with Crippen molar-refractivity contribution in [3.05, 3.63) is 83.7 Å². The van der Waals surface area contributed by atoms with Crippen LogP contribution in [0.15, 0.2) is 60.9 Å². The zero-order chi connectivity index (χ0) is 22.5. The van der Waals surface area contributed by atoms with E-state index < -0.39 is 30.4 Å². The van der Waals surface area contributed by atoms with Crippen LogP contribution in [-0.2, 0) is 11.3 Å². The van der Waals surface area contributed by atoms with Crippen LogP contribution in [0.1, 0.15) is 48.0 Å². The summed E-state index contributed by atoms with van der Waals surface area (Å²) in [6, 6.07) is 13.9. The highest BCUT2D eigenvalue weighted by Crippen LogP contribution is 2.43. The summed E-state index contributed by atoms with van der Waals surface area (Å²) in [5.74, 6) is -0.361. The average molecular weight is 450 g/mol. The maximum atomic E-state index is 15.0. The summed E-state index contributed by atoms with van der Waals surface area (Å²) in [7, 11) is 0. The van der Waals surface area contributed by atoms with Crippen LogP contribution in [-0.4, -0.2) is 55.4 Å². The van der Waals surface area contributed by atoms with Gasteiger partial charge in [0.2, 0.25) is 11.9 Å². The number of rotatable bonds is 6. The molecule has 6 rings (SSSR count). The molecule has 6 nitrogen and oxygen atoms in total. The lowest BCUT2D eigenvalue weighted by Crippen LogP contribution is -2.46. The van der Waals surface area contributed by atoms with E-state index in [2.05, 4.69) is 10.1 Å². The molecule has 1 aromatic carbocycles. The second kappa shape index (κ2) is 8.02. The summed E-state index contributed by atoms with van der Waals surface area (Å²) in [5.41, 5.74) is 1.98. The first-order chi connectivity index (χ1) is 16.1. The molecule has 0 N–H and O–H groups in total. The zero-order valence-electron chi connectivity index (χ0n) is 18.1. The monoisotopic (exact) mass is 449 g/mol. The summed E-state index contributed by atoms with van der Waals surface area (Å²) >= 11 is 0. The van der Waals surface area contributed by atoms with Crippen molar-refractivity contribution in [2.45, 2.75) is 56.1 Å². The van der Waals surface area contributed by atoms with Gasteiger partial charge in [-0.1, -0.05) is 36.4 Å². The van der Waals surface area contributed by atoms with Gasteiger partial charge < -0.3 is 4.90 Å². The lowest BCUT2D eigenvalue weighted by Gasteiger charge is -2.35. The topological polar surface area (TPSA) is 54.3 Å². The number of nitrogens with zero attached hydrogens (tertiary/aromatic N) is 5. The number of aromatic nitrogens is 3. The van der Waals surface area contributed by atoms with Crippen LogP contribution in [0, 0.1) is 5.95 Å². The van der Waals surface area contributed by atoms with Crippen LogP contribution in [0.5, 0.6) is 0 Å². The quantitative estimate of drug-likeness (QED) is 0.539. The van der Waals surface area contributed by atoms with Crippen LogP contribution >= 0.6 is 0 Å². The van der Waals surface area contributed by atoms with E-state index in [1.165, 1.54) is 0 Å². The number of benzene rings is 1. The number of hydrogen-bond donors (Lipinski definition) is 0. The van der Waals surface area contributed by atoms with E-state index in [9.17, 15) is 13.6 Å². The van der Waals surface area contributed by atoms with Crippen molar-refractivity contribution in [2.75, 3.05) is 6.54 Å². The van der Waals surface area contributed by atoms with Crippen molar-refractivity contribution in [2.24, 2.45) is 0 Å². The standard InChI is InChI=1S/C25H25F2N5O/c26-18-13-21-25(33)32(22(31(21)14-18)15-30-12-4-11-28-30)23(17-5-2-1-3-6-17)20-10-9-19(16-7-8-16)24(27)29-20/h1-6,9-12,16,18,21-23H,7-8,13-15H2/t18-,21+,22?,23+/m1/s1. The second-order valence-corrected chi connectivity index (χ2v) is 9.20. The molecule has 4 heterocycles. The molecule has 1 saturated carbocycles. The third-order valence-electron chi connectivity index (χ3n) is 7.03. The molecule has 170 valence electrons. The Bertz CT molecular complexity index is 1150. The average Bonchev–Trinajstić information content (AvgIpc) is 3.29. The third kappa shape index (κ3) is 3.62. The second-order valence-electron chi connectivity index (χ2n) is 9.20. The fraction of sp³-hybridized carbons (Fsp3) is 0.400. The fourth-order valence-corrected chi connectivity index (χ4v) is 5.35. The normalized spacial score (nSPS) is 26.1. The van der Waals surface area contributed by atoms with Gasteiger partial charge in [-0.3, -0.25) is 14.4 Å². The summed E-state index contributed by atoms with van der Waals surface area (Å²) < 4.78 is 31.1. The summed E-state index contributed by atoms with van der Waals surface area (Å²) in [4.78, 5) is 21.8. The largest absolute Gasteiger partial charge is 0.311 e. The van der Waals surface area contributed by atoms with Crippen LogP contribution < -0.4 is 0 Å². The van der Waals surface area contributed by atoms with Crippen molar-refractivity contribution >= 4 is 5.91 Å². The van der Waals surface area contributed by atoms with Gasteiger partial charge in [0.25, 0.3) is 0 Å². The molecule has 2 saturated heterocycles. The van der Waals surface area contributed by atoms with Gasteiger partial charge >= 0.3 is 0 Å². The Kier molecular flexibility index (Phi) is 4.98. The summed E-state index contributed by atoms with van der Waals surface area (Å²) in [5, 5.41) is 4.31. The van der Waals surface area contributed by atoms with Gasteiger partial charge in [-0.05, 0) is 36.5 Å². The zero-order valence-corrected chi connectivity index (χ0v) is 18.1. The van der Waals surface area contributed by atoms with E-state index in [0.29, 0.717) is 17.8 Å². The van der Waals surface area contributed by atoms with Gasteiger partial charge in [-0.2, -0.15) is 9.49 Å². The predicted molar refractivity (Wildman–Crippen MR) is 117 cm³/mol. The highest BCUT2D eigenvalue weighted by Gasteiger charge is 2.54. The van der Waals surface area contributed by atoms with Gasteiger partial charge in [0, 0.05) is 30.9 Å². The van der Waals surface area contributed by atoms with Crippen LogP contribution in [0.4, 0.5) is 8.78 Å². The molecule has 33 heavy (non-hydrogen) atoms. The lowest BCUT2D eigenvalue weighted by molar-refractivity contribution is -0.132. The van der Waals surface area contributed by atoms with Crippen LogP contribution in [0.2, 0.25) is 0 Å². The van der Waals surface area contributed by atoms with Gasteiger partial charge in [0.05, 0.1) is 18.3 Å².